The molecule has 2 rings (SSSR count). The summed E-state index contributed by atoms with van der Waals surface area (Å²) in [5.74, 6) is 0. The van der Waals surface area contributed by atoms with Crippen LogP contribution in [0.1, 0.15) is 0 Å². The number of thiazole rings is 1. The van der Waals surface area contributed by atoms with Crippen molar-refractivity contribution in [1.82, 2.24) is 4.98 Å². The second kappa shape index (κ2) is 3.18. The molecule has 1 heterocycles. The van der Waals surface area contributed by atoms with Crippen LogP contribution in [0.4, 0.5) is 0 Å². The predicted molar refractivity (Wildman–Crippen MR) is 56.8 cm³/mol. The van der Waals surface area contributed by atoms with E-state index in [-0.39, 0.29) is 0 Å². The molecule has 1 aromatic heterocycles. The summed E-state index contributed by atoms with van der Waals surface area (Å²) in [6, 6.07) is 7.95. The van der Waals surface area contributed by atoms with Crippen molar-refractivity contribution in [3.8, 4) is 0 Å². The summed E-state index contributed by atoms with van der Waals surface area (Å²) in [4.78, 5) is 4.31. The highest BCUT2D eigenvalue weighted by Crippen LogP contribution is 2.22. The van der Waals surface area contributed by atoms with Gasteiger partial charge in [-0.05, 0) is 23.3 Å². The van der Waals surface area contributed by atoms with E-state index < -0.39 is 9.64 Å². The highest BCUT2D eigenvalue weighted by atomic mass is 32.8. The minimum absolute atomic E-state index is 0.621. The van der Waals surface area contributed by atoms with Gasteiger partial charge >= 0.3 is 0 Å². The van der Waals surface area contributed by atoms with E-state index in [0.29, 0.717) is 0 Å². The summed E-state index contributed by atoms with van der Waals surface area (Å²) in [6.45, 7) is 0. The van der Waals surface area contributed by atoms with Gasteiger partial charge in [0.1, 0.15) is 0 Å². The van der Waals surface area contributed by atoms with Crippen molar-refractivity contribution in [3.05, 3.63) is 24.3 Å². The fraction of sp³-hybridized carbons (Fsp3) is 0. The zero-order valence-electron chi connectivity index (χ0n) is 6.06. The average molecular weight is 214 g/mol. The van der Waals surface area contributed by atoms with Crippen LogP contribution >= 0.6 is 11.3 Å². The van der Waals surface area contributed by atoms with Gasteiger partial charge in [-0.1, -0.05) is 12.1 Å². The van der Waals surface area contributed by atoms with E-state index in [4.69, 9.17) is 16.3 Å². The first-order valence-electron chi connectivity index (χ1n) is 3.29. The number of para-hydroxylation sites is 1. The third-order valence-electron chi connectivity index (χ3n) is 1.45. The first kappa shape index (κ1) is 8.25. The molecule has 0 aliphatic heterocycles. The van der Waals surface area contributed by atoms with E-state index in [1.807, 2.05) is 24.3 Å². The minimum atomic E-state index is -0.621. The van der Waals surface area contributed by atoms with Crippen LogP contribution in [0.2, 0.25) is 0 Å². The van der Waals surface area contributed by atoms with Crippen molar-refractivity contribution >= 4 is 42.4 Å². The third kappa shape index (κ3) is 1.40. The van der Waals surface area contributed by atoms with Crippen LogP contribution in [-0.4, -0.2) is 4.98 Å². The molecule has 0 bridgehead atoms. The summed E-state index contributed by atoms with van der Waals surface area (Å²) >= 11 is 6.52. The second-order valence-electron chi connectivity index (χ2n) is 2.24. The molecule has 0 saturated carbocycles. The van der Waals surface area contributed by atoms with Crippen LogP contribution in [0.5, 0.6) is 0 Å². The van der Waals surface area contributed by atoms with Crippen LogP contribution in [0.25, 0.3) is 10.2 Å². The summed E-state index contributed by atoms with van der Waals surface area (Å²) in [5, 5.41) is 5.57. The van der Waals surface area contributed by atoms with Crippen molar-refractivity contribution in [2.75, 3.05) is 0 Å². The van der Waals surface area contributed by atoms with Gasteiger partial charge in [0.05, 0.1) is 10.2 Å². The Balaban J connectivity index is 2.70. The van der Waals surface area contributed by atoms with Crippen LogP contribution in [0, 0.1) is 0 Å². The monoisotopic (exact) mass is 214 g/mol. The van der Waals surface area contributed by atoms with Crippen LogP contribution in [0.3, 0.4) is 0 Å². The van der Waals surface area contributed by atoms with Crippen molar-refractivity contribution in [1.29, 1.82) is 0 Å². The lowest BCUT2D eigenvalue weighted by molar-refractivity contribution is 1.30. The molecule has 0 radical (unpaired) electrons. The molecule has 2 N–H and O–H groups in total. The molecule has 0 amide bonds. The largest absolute Gasteiger partial charge is 0.269 e. The van der Waals surface area contributed by atoms with Gasteiger partial charge < -0.3 is 0 Å². The second-order valence-corrected chi connectivity index (χ2v) is 5.59. The Morgan fingerprint density at radius 1 is 1.42 bits per heavy atom. The number of nitrogens with zero attached hydrogens (tertiary/aromatic N) is 1. The molecule has 62 valence electrons. The standard InChI is InChI=1S/C7H6N2S3/c8-12(10)7-9-5-3-1-2-4-6(5)11-7/h1-4H,8H2. The van der Waals surface area contributed by atoms with Gasteiger partial charge in [-0.25, -0.2) is 4.98 Å². The molecule has 2 aromatic rings. The average Bonchev–Trinajstić information content (AvgIpc) is 2.46. The molecule has 2 nitrogen and oxygen atoms in total. The Bertz CT molecular complexity index is 402. The fourth-order valence-corrected chi connectivity index (χ4v) is 2.84. The van der Waals surface area contributed by atoms with Gasteiger partial charge in [-0.2, -0.15) is 0 Å². The lowest BCUT2D eigenvalue weighted by Crippen LogP contribution is -1.99. The Morgan fingerprint density at radius 3 is 2.83 bits per heavy atom. The van der Waals surface area contributed by atoms with Gasteiger partial charge in [0.25, 0.3) is 0 Å². The first-order valence-corrected chi connectivity index (χ1v) is 6.32. The SMILES string of the molecule is NS(=S)c1nc2ccccc2s1. The lowest BCUT2D eigenvalue weighted by Gasteiger charge is -1.85. The topological polar surface area (TPSA) is 38.9 Å². The van der Waals surface area contributed by atoms with Gasteiger partial charge in [-0.15, -0.1) is 11.3 Å². The number of nitrogens with two attached hydrogens (primary N) is 1. The van der Waals surface area contributed by atoms with E-state index in [1.54, 1.807) is 11.3 Å². The molecule has 0 aliphatic carbocycles. The molecule has 0 aliphatic rings. The molecule has 12 heavy (non-hydrogen) atoms. The van der Waals surface area contributed by atoms with Crippen molar-refractivity contribution < 1.29 is 0 Å². The number of hydrogen-bond donors (Lipinski definition) is 1. The molecular weight excluding hydrogens is 208 g/mol. The maximum absolute atomic E-state index is 5.57. The molecular formula is C7H6N2S3. The van der Waals surface area contributed by atoms with Crippen LogP contribution in [-0.2, 0) is 20.8 Å². The number of benzene rings is 1. The summed E-state index contributed by atoms with van der Waals surface area (Å²) in [7, 11) is -0.621. The van der Waals surface area contributed by atoms with E-state index in [9.17, 15) is 0 Å². The van der Waals surface area contributed by atoms with Crippen LogP contribution < -0.4 is 5.14 Å². The molecule has 0 fully saturated rings. The Hall–Kier alpha value is -0.360. The van der Waals surface area contributed by atoms with Crippen LogP contribution in [0.15, 0.2) is 28.6 Å². The first-order chi connectivity index (χ1) is 5.77. The highest BCUT2D eigenvalue weighted by molar-refractivity contribution is 8.28. The van der Waals surface area contributed by atoms with Gasteiger partial charge in [0.15, 0.2) is 4.34 Å². The predicted octanol–water partition coefficient (Wildman–Crippen LogP) is 1.61. The van der Waals surface area contributed by atoms with Crippen molar-refractivity contribution in [2.45, 2.75) is 4.34 Å². The van der Waals surface area contributed by atoms with Gasteiger partial charge in [0.2, 0.25) is 0 Å². The van der Waals surface area contributed by atoms with E-state index in [0.717, 1.165) is 14.6 Å². The zero-order chi connectivity index (χ0) is 8.55. The molecule has 0 spiro atoms. The molecule has 1 unspecified atom stereocenters. The van der Waals surface area contributed by atoms with Crippen molar-refractivity contribution in [2.24, 2.45) is 5.14 Å². The van der Waals surface area contributed by atoms with E-state index in [2.05, 4.69) is 4.98 Å². The quantitative estimate of drug-likeness (QED) is 0.784. The number of fused-ring (bicyclic) bond motifs is 1. The Kier molecular flexibility index (Phi) is 2.18. The number of rotatable bonds is 1. The summed E-state index contributed by atoms with van der Waals surface area (Å²) in [6.07, 6.45) is 0. The summed E-state index contributed by atoms with van der Waals surface area (Å²) < 4.78 is 2.01. The molecule has 1 atom stereocenters. The Labute approximate surface area is 81.1 Å². The van der Waals surface area contributed by atoms with Crippen molar-refractivity contribution in [3.63, 3.8) is 0 Å². The molecule has 0 saturated heterocycles. The van der Waals surface area contributed by atoms with Gasteiger partial charge in [-0.3, -0.25) is 5.14 Å². The molecule has 5 heteroatoms. The normalized spacial score (nSPS) is 13.4. The lowest BCUT2D eigenvalue weighted by atomic mass is 10.3. The molecule has 1 aromatic carbocycles. The maximum atomic E-state index is 5.57. The minimum Gasteiger partial charge on any atom is -0.269 e. The smallest absolute Gasteiger partial charge is 0.169 e. The number of aromatic nitrogens is 1. The van der Waals surface area contributed by atoms with E-state index >= 15 is 0 Å². The van der Waals surface area contributed by atoms with E-state index in [1.165, 1.54) is 0 Å². The maximum Gasteiger partial charge on any atom is 0.169 e. The highest BCUT2D eigenvalue weighted by Gasteiger charge is 2.02. The zero-order valence-corrected chi connectivity index (χ0v) is 8.51. The Morgan fingerprint density at radius 2 is 2.17 bits per heavy atom. The third-order valence-corrected chi connectivity index (χ3v) is 4.29. The summed E-state index contributed by atoms with van der Waals surface area (Å²) in [5.41, 5.74) is 0.991. The van der Waals surface area contributed by atoms with Gasteiger partial charge in [0, 0.05) is 9.64 Å². The number of hydrogen-bond acceptors (Lipinski definition) is 3. The fourth-order valence-electron chi connectivity index (χ4n) is 0.937.